The van der Waals surface area contributed by atoms with Crippen molar-refractivity contribution in [2.45, 2.75) is 19.8 Å². The molecule has 0 atom stereocenters. The Morgan fingerprint density at radius 1 is 1.13 bits per heavy atom. The second kappa shape index (κ2) is 4.67. The van der Waals surface area contributed by atoms with Crippen molar-refractivity contribution < 1.29 is 0 Å². The van der Waals surface area contributed by atoms with Gasteiger partial charge in [-0.1, -0.05) is 36.7 Å². The Bertz CT molecular complexity index is 445. The first-order valence-corrected chi connectivity index (χ1v) is 6.22. The van der Waals surface area contributed by atoms with E-state index in [4.69, 9.17) is 0 Å². The normalized spacial score (nSPS) is 10.5. The van der Waals surface area contributed by atoms with Crippen molar-refractivity contribution in [2.24, 2.45) is 0 Å². The van der Waals surface area contributed by atoms with Crippen molar-refractivity contribution in [1.29, 1.82) is 0 Å². The van der Waals surface area contributed by atoms with Gasteiger partial charge in [0.05, 0.1) is 0 Å². The molecule has 0 aliphatic carbocycles. The van der Waals surface area contributed by atoms with Gasteiger partial charge in [0, 0.05) is 16.2 Å². The lowest BCUT2D eigenvalue weighted by molar-refractivity contribution is 1.19. The zero-order valence-electron chi connectivity index (χ0n) is 9.29. The fourth-order valence-electron chi connectivity index (χ4n) is 1.73. The number of hydrogen-bond acceptors (Lipinski definition) is 1. The molecule has 0 spiro atoms. The second-order valence-electron chi connectivity index (χ2n) is 3.89. The Balaban J connectivity index is 2.14. The summed E-state index contributed by atoms with van der Waals surface area (Å²) in [5, 5.41) is 0. The minimum Gasteiger partial charge on any atom is -0.145 e. The lowest BCUT2D eigenvalue weighted by Gasteiger charge is -2.00. The summed E-state index contributed by atoms with van der Waals surface area (Å²) in [6.45, 7) is 2.21. The van der Waals surface area contributed by atoms with Crippen LogP contribution >= 0.6 is 11.3 Å². The molecule has 1 heterocycles. The summed E-state index contributed by atoms with van der Waals surface area (Å²) >= 11 is 1.93. The summed E-state index contributed by atoms with van der Waals surface area (Å²) < 4.78 is 0. The fraction of sp³-hybridized carbons (Fsp3) is 0.231. The molecular weight excluding hydrogens is 199 g/mol. The standard InChI is InChI=1S/C13H15BS/c1-2-12-6-7-13(15-12)9-10-4-3-5-11(14)8-10/h3-8H,2,9,14H2,1H3. The topological polar surface area (TPSA) is 0 Å². The predicted molar refractivity (Wildman–Crippen MR) is 71.1 cm³/mol. The summed E-state index contributed by atoms with van der Waals surface area (Å²) in [6, 6.07) is 13.3. The van der Waals surface area contributed by atoms with E-state index in [0.717, 1.165) is 12.8 Å². The van der Waals surface area contributed by atoms with Crippen LogP contribution in [0.15, 0.2) is 36.4 Å². The van der Waals surface area contributed by atoms with Gasteiger partial charge in [0.15, 0.2) is 0 Å². The Kier molecular flexibility index (Phi) is 3.27. The molecule has 0 fully saturated rings. The van der Waals surface area contributed by atoms with Crippen molar-refractivity contribution in [3.05, 3.63) is 51.7 Å². The molecule has 0 saturated heterocycles. The van der Waals surface area contributed by atoms with Crippen LogP contribution in [0, 0.1) is 0 Å². The molecule has 0 aliphatic heterocycles. The quantitative estimate of drug-likeness (QED) is 0.687. The summed E-state index contributed by atoms with van der Waals surface area (Å²) in [7, 11) is 2.15. The molecular formula is C13H15BS. The minimum absolute atomic E-state index is 1.08. The minimum atomic E-state index is 1.08. The summed E-state index contributed by atoms with van der Waals surface area (Å²) in [4.78, 5) is 2.95. The third-order valence-corrected chi connectivity index (χ3v) is 3.76. The monoisotopic (exact) mass is 214 g/mol. The molecule has 1 aromatic heterocycles. The van der Waals surface area contributed by atoms with Crippen LogP contribution in [0.5, 0.6) is 0 Å². The molecule has 2 aromatic rings. The van der Waals surface area contributed by atoms with Gasteiger partial charge in [-0.15, -0.1) is 11.3 Å². The first-order valence-electron chi connectivity index (χ1n) is 5.41. The van der Waals surface area contributed by atoms with E-state index in [0.29, 0.717) is 0 Å². The van der Waals surface area contributed by atoms with Gasteiger partial charge in [-0.25, -0.2) is 0 Å². The molecule has 0 saturated carbocycles. The van der Waals surface area contributed by atoms with Gasteiger partial charge in [-0.3, -0.25) is 0 Å². The van der Waals surface area contributed by atoms with Crippen molar-refractivity contribution in [3.63, 3.8) is 0 Å². The highest BCUT2D eigenvalue weighted by Gasteiger charge is 2.00. The van der Waals surface area contributed by atoms with Crippen LogP contribution in [0.3, 0.4) is 0 Å². The van der Waals surface area contributed by atoms with Gasteiger partial charge in [0.1, 0.15) is 7.85 Å². The predicted octanol–water partition coefficient (Wildman–Crippen LogP) is 2.16. The molecule has 0 nitrogen and oxygen atoms in total. The molecule has 1 aromatic carbocycles. The van der Waals surface area contributed by atoms with Gasteiger partial charge in [0.25, 0.3) is 0 Å². The maximum Gasteiger partial charge on any atom is 0.139 e. The van der Waals surface area contributed by atoms with E-state index in [-0.39, 0.29) is 0 Å². The van der Waals surface area contributed by atoms with Crippen LogP contribution in [0.1, 0.15) is 22.2 Å². The lowest BCUT2D eigenvalue weighted by atomic mass is 9.93. The van der Waals surface area contributed by atoms with E-state index >= 15 is 0 Å². The number of rotatable bonds is 3. The van der Waals surface area contributed by atoms with Crippen LogP contribution in [-0.4, -0.2) is 7.85 Å². The molecule has 0 unspecified atom stereocenters. The van der Waals surface area contributed by atoms with Crippen molar-refractivity contribution in [1.82, 2.24) is 0 Å². The molecule has 2 rings (SSSR count). The average Bonchev–Trinajstić information content (AvgIpc) is 2.65. The molecule has 15 heavy (non-hydrogen) atoms. The number of hydrogen-bond donors (Lipinski definition) is 0. The summed E-state index contributed by atoms with van der Waals surface area (Å²) in [5.41, 5.74) is 2.76. The highest BCUT2D eigenvalue weighted by atomic mass is 32.1. The Morgan fingerprint density at radius 2 is 1.93 bits per heavy atom. The van der Waals surface area contributed by atoms with Crippen molar-refractivity contribution >= 4 is 24.6 Å². The van der Waals surface area contributed by atoms with Crippen molar-refractivity contribution in [2.75, 3.05) is 0 Å². The molecule has 2 heteroatoms. The first-order chi connectivity index (χ1) is 7.28. The Morgan fingerprint density at radius 3 is 2.60 bits per heavy atom. The van der Waals surface area contributed by atoms with Crippen LogP contribution in [0.25, 0.3) is 0 Å². The highest BCUT2D eigenvalue weighted by Crippen LogP contribution is 2.19. The van der Waals surface area contributed by atoms with Crippen LogP contribution < -0.4 is 5.46 Å². The van der Waals surface area contributed by atoms with Crippen LogP contribution in [-0.2, 0) is 12.8 Å². The van der Waals surface area contributed by atoms with Crippen LogP contribution in [0.2, 0.25) is 0 Å². The molecule has 0 radical (unpaired) electrons. The summed E-state index contributed by atoms with van der Waals surface area (Å²) in [6.07, 6.45) is 2.23. The number of aryl methyl sites for hydroxylation is 1. The zero-order valence-corrected chi connectivity index (χ0v) is 10.1. The molecule has 0 amide bonds. The Labute approximate surface area is 96.4 Å². The molecule has 76 valence electrons. The van der Waals surface area contributed by atoms with Crippen LogP contribution in [0.4, 0.5) is 0 Å². The largest absolute Gasteiger partial charge is 0.145 e. The smallest absolute Gasteiger partial charge is 0.139 e. The Hall–Kier alpha value is -1.02. The van der Waals surface area contributed by atoms with Gasteiger partial charge in [-0.2, -0.15) is 0 Å². The maximum absolute atomic E-state index is 2.27. The van der Waals surface area contributed by atoms with Gasteiger partial charge < -0.3 is 0 Å². The van der Waals surface area contributed by atoms with E-state index in [1.165, 1.54) is 20.8 Å². The number of benzene rings is 1. The SMILES string of the molecule is Bc1cccc(Cc2ccc(CC)s2)c1. The van der Waals surface area contributed by atoms with E-state index in [2.05, 4.69) is 51.2 Å². The molecule has 0 bridgehead atoms. The lowest BCUT2D eigenvalue weighted by Crippen LogP contribution is -2.02. The second-order valence-corrected chi connectivity index (χ2v) is 5.14. The van der Waals surface area contributed by atoms with E-state index in [9.17, 15) is 0 Å². The third kappa shape index (κ3) is 2.72. The van der Waals surface area contributed by atoms with Gasteiger partial charge >= 0.3 is 0 Å². The fourth-order valence-corrected chi connectivity index (χ4v) is 2.72. The van der Waals surface area contributed by atoms with Crippen molar-refractivity contribution in [3.8, 4) is 0 Å². The third-order valence-electron chi connectivity index (χ3n) is 2.53. The van der Waals surface area contributed by atoms with Gasteiger partial charge in [-0.05, 0) is 24.1 Å². The first kappa shape index (κ1) is 10.5. The zero-order chi connectivity index (χ0) is 10.7. The van der Waals surface area contributed by atoms with E-state index in [1.807, 2.05) is 11.3 Å². The summed E-state index contributed by atoms with van der Waals surface area (Å²) in [5.74, 6) is 0. The number of thiophene rings is 1. The molecule has 0 N–H and O–H groups in total. The maximum atomic E-state index is 2.27. The average molecular weight is 214 g/mol. The van der Waals surface area contributed by atoms with Gasteiger partial charge in [0.2, 0.25) is 0 Å². The van der Waals surface area contributed by atoms with E-state index in [1.54, 1.807) is 0 Å². The highest BCUT2D eigenvalue weighted by molar-refractivity contribution is 7.12. The van der Waals surface area contributed by atoms with E-state index < -0.39 is 0 Å². The molecule has 0 aliphatic rings.